The van der Waals surface area contributed by atoms with E-state index in [1.165, 1.54) is 13.0 Å². The number of carbonyl (C=O) groups excluding carboxylic acids is 1. The molecule has 2 aromatic rings. The van der Waals surface area contributed by atoms with Crippen molar-refractivity contribution in [1.29, 1.82) is 0 Å². The van der Waals surface area contributed by atoms with Crippen molar-refractivity contribution in [3.63, 3.8) is 0 Å². The van der Waals surface area contributed by atoms with Crippen LogP contribution < -0.4 is 10.4 Å². The first-order valence-corrected chi connectivity index (χ1v) is 6.11. The van der Waals surface area contributed by atoms with Crippen molar-refractivity contribution in [3.05, 3.63) is 39.7 Å². The van der Waals surface area contributed by atoms with Crippen LogP contribution in [0.3, 0.4) is 0 Å². The fourth-order valence-electron chi connectivity index (χ4n) is 1.90. The average Bonchev–Trinajstić information content (AvgIpc) is 2.33. The van der Waals surface area contributed by atoms with Gasteiger partial charge >= 0.3 is 5.63 Å². The van der Waals surface area contributed by atoms with Gasteiger partial charge in [0.2, 0.25) is 0 Å². The standard InChI is InChI=1S/C15H16O4/c1-8-7-14(17)19-15-9(2)13(6-5-12(8)15)18-11(4)10(3)16/h5-7,11H,1-4H3/t11-/m1/s1. The van der Waals surface area contributed by atoms with Crippen LogP contribution in [0.2, 0.25) is 0 Å². The SMILES string of the molecule is CC(=O)[C@@H](C)Oc1ccc2c(C)cc(=O)oc2c1C. The number of ether oxygens (including phenoxy) is 1. The number of hydrogen-bond donors (Lipinski definition) is 0. The Bertz CT molecular complexity index is 697. The Morgan fingerprint density at radius 2 is 2.00 bits per heavy atom. The average molecular weight is 260 g/mol. The van der Waals surface area contributed by atoms with Crippen LogP contribution in [0.4, 0.5) is 0 Å². The van der Waals surface area contributed by atoms with E-state index < -0.39 is 6.10 Å². The zero-order valence-electron chi connectivity index (χ0n) is 11.4. The predicted molar refractivity (Wildman–Crippen MR) is 72.7 cm³/mol. The number of Topliss-reactive ketones (excluding diaryl/α,β-unsaturated/α-hetero) is 1. The van der Waals surface area contributed by atoms with Crippen LogP contribution in [-0.2, 0) is 4.79 Å². The summed E-state index contributed by atoms with van der Waals surface area (Å²) in [5.41, 5.74) is 1.72. The van der Waals surface area contributed by atoms with Gasteiger partial charge in [-0.1, -0.05) is 0 Å². The van der Waals surface area contributed by atoms with Gasteiger partial charge < -0.3 is 9.15 Å². The normalized spacial score (nSPS) is 12.4. The molecule has 0 N–H and O–H groups in total. The first-order chi connectivity index (χ1) is 8.90. The maximum Gasteiger partial charge on any atom is 0.336 e. The number of fused-ring (bicyclic) bond motifs is 1. The minimum absolute atomic E-state index is 0.0507. The van der Waals surface area contributed by atoms with E-state index in [4.69, 9.17) is 9.15 Å². The van der Waals surface area contributed by atoms with E-state index in [2.05, 4.69) is 0 Å². The fourth-order valence-corrected chi connectivity index (χ4v) is 1.90. The minimum Gasteiger partial charge on any atom is -0.483 e. The van der Waals surface area contributed by atoms with E-state index in [0.29, 0.717) is 11.3 Å². The van der Waals surface area contributed by atoms with Gasteiger partial charge in [0.15, 0.2) is 11.9 Å². The topological polar surface area (TPSA) is 56.5 Å². The summed E-state index contributed by atoms with van der Waals surface area (Å²) in [6, 6.07) is 5.09. The van der Waals surface area contributed by atoms with Gasteiger partial charge in [0.1, 0.15) is 11.3 Å². The van der Waals surface area contributed by atoms with Crippen molar-refractivity contribution < 1.29 is 13.9 Å². The lowest BCUT2D eigenvalue weighted by Crippen LogP contribution is -2.21. The molecule has 0 radical (unpaired) electrons. The molecule has 0 saturated carbocycles. The van der Waals surface area contributed by atoms with Crippen LogP contribution in [0.5, 0.6) is 5.75 Å². The maximum absolute atomic E-state index is 11.4. The first-order valence-electron chi connectivity index (χ1n) is 6.11. The highest BCUT2D eigenvalue weighted by Gasteiger charge is 2.14. The number of benzene rings is 1. The van der Waals surface area contributed by atoms with Crippen molar-refractivity contribution in [2.24, 2.45) is 0 Å². The Morgan fingerprint density at radius 1 is 1.32 bits per heavy atom. The van der Waals surface area contributed by atoms with Crippen LogP contribution in [0.25, 0.3) is 11.0 Å². The summed E-state index contributed by atoms with van der Waals surface area (Å²) in [6.07, 6.45) is -0.521. The van der Waals surface area contributed by atoms with Gasteiger partial charge in [-0.25, -0.2) is 4.79 Å². The van der Waals surface area contributed by atoms with E-state index >= 15 is 0 Å². The van der Waals surface area contributed by atoms with Crippen molar-refractivity contribution in [2.75, 3.05) is 0 Å². The molecule has 0 amide bonds. The summed E-state index contributed by atoms with van der Waals surface area (Å²) >= 11 is 0. The van der Waals surface area contributed by atoms with Crippen LogP contribution in [0.15, 0.2) is 27.4 Å². The fraction of sp³-hybridized carbons (Fsp3) is 0.333. The molecule has 4 nitrogen and oxygen atoms in total. The Labute approximate surface area is 111 Å². The summed E-state index contributed by atoms with van der Waals surface area (Å²) in [4.78, 5) is 22.7. The third kappa shape index (κ3) is 2.52. The molecule has 100 valence electrons. The molecule has 0 aliphatic carbocycles. The van der Waals surface area contributed by atoms with Gasteiger partial charge in [0.25, 0.3) is 0 Å². The van der Waals surface area contributed by atoms with Crippen LogP contribution in [0.1, 0.15) is 25.0 Å². The predicted octanol–water partition coefficient (Wildman–Crippen LogP) is 2.77. The Morgan fingerprint density at radius 3 is 2.63 bits per heavy atom. The lowest BCUT2D eigenvalue weighted by atomic mass is 10.1. The molecule has 0 fully saturated rings. The van der Waals surface area contributed by atoms with E-state index in [-0.39, 0.29) is 11.4 Å². The van der Waals surface area contributed by atoms with E-state index in [1.54, 1.807) is 13.0 Å². The summed E-state index contributed by atoms with van der Waals surface area (Å²) in [5.74, 6) is 0.508. The summed E-state index contributed by atoms with van der Waals surface area (Å²) < 4.78 is 10.8. The number of aryl methyl sites for hydroxylation is 2. The smallest absolute Gasteiger partial charge is 0.336 e. The molecule has 1 atom stereocenters. The van der Waals surface area contributed by atoms with Gasteiger partial charge in [-0.15, -0.1) is 0 Å². The quantitative estimate of drug-likeness (QED) is 0.796. The molecule has 1 heterocycles. The molecule has 0 saturated heterocycles. The molecule has 0 aliphatic rings. The lowest BCUT2D eigenvalue weighted by Gasteiger charge is -2.15. The largest absolute Gasteiger partial charge is 0.483 e. The molecule has 19 heavy (non-hydrogen) atoms. The highest BCUT2D eigenvalue weighted by molar-refractivity contribution is 5.85. The van der Waals surface area contributed by atoms with Gasteiger partial charge in [0.05, 0.1) is 0 Å². The molecule has 4 heteroatoms. The summed E-state index contributed by atoms with van der Waals surface area (Å²) in [6.45, 7) is 6.84. The zero-order chi connectivity index (χ0) is 14.2. The molecule has 0 bridgehead atoms. The zero-order valence-corrected chi connectivity index (χ0v) is 11.4. The molecular weight excluding hydrogens is 244 g/mol. The molecule has 0 unspecified atom stereocenters. The van der Waals surface area contributed by atoms with Crippen LogP contribution in [-0.4, -0.2) is 11.9 Å². The summed E-state index contributed by atoms with van der Waals surface area (Å²) in [5, 5.41) is 0.875. The van der Waals surface area contributed by atoms with Crippen LogP contribution in [0, 0.1) is 13.8 Å². The molecule has 0 spiro atoms. The highest BCUT2D eigenvalue weighted by atomic mass is 16.5. The molecule has 1 aromatic heterocycles. The Balaban J connectivity index is 2.57. The number of hydrogen-bond acceptors (Lipinski definition) is 4. The second kappa shape index (κ2) is 4.88. The number of ketones is 1. The van der Waals surface area contributed by atoms with Crippen molar-refractivity contribution >= 4 is 16.8 Å². The first kappa shape index (κ1) is 13.3. The van der Waals surface area contributed by atoms with Crippen LogP contribution >= 0.6 is 0 Å². The van der Waals surface area contributed by atoms with E-state index in [1.807, 2.05) is 19.9 Å². The molecular formula is C15H16O4. The third-order valence-electron chi connectivity index (χ3n) is 3.19. The molecule has 2 rings (SSSR count). The van der Waals surface area contributed by atoms with E-state index in [0.717, 1.165) is 16.5 Å². The third-order valence-corrected chi connectivity index (χ3v) is 3.19. The Hall–Kier alpha value is -2.10. The highest BCUT2D eigenvalue weighted by Crippen LogP contribution is 2.28. The monoisotopic (exact) mass is 260 g/mol. The number of carbonyl (C=O) groups is 1. The van der Waals surface area contributed by atoms with Crippen molar-refractivity contribution in [1.82, 2.24) is 0 Å². The van der Waals surface area contributed by atoms with Gasteiger partial charge in [-0.05, 0) is 45.4 Å². The lowest BCUT2D eigenvalue weighted by molar-refractivity contribution is -0.122. The summed E-state index contributed by atoms with van der Waals surface area (Å²) in [7, 11) is 0. The van der Waals surface area contributed by atoms with Crippen molar-refractivity contribution in [3.8, 4) is 5.75 Å². The molecule has 1 aromatic carbocycles. The van der Waals surface area contributed by atoms with Crippen molar-refractivity contribution in [2.45, 2.75) is 33.8 Å². The van der Waals surface area contributed by atoms with Gasteiger partial charge in [0, 0.05) is 17.0 Å². The van der Waals surface area contributed by atoms with Gasteiger partial charge in [-0.3, -0.25) is 4.79 Å². The second-order valence-electron chi connectivity index (χ2n) is 4.68. The molecule has 0 aliphatic heterocycles. The maximum atomic E-state index is 11.4. The van der Waals surface area contributed by atoms with Gasteiger partial charge in [-0.2, -0.15) is 0 Å². The minimum atomic E-state index is -0.521. The second-order valence-corrected chi connectivity index (χ2v) is 4.68. The number of rotatable bonds is 3. The van der Waals surface area contributed by atoms with E-state index in [9.17, 15) is 9.59 Å². The Kier molecular flexibility index (Phi) is 3.42.